The van der Waals surface area contributed by atoms with E-state index in [0.29, 0.717) is 22.0 Å². The van der Waals surface area contributed by atoms with Gasteiger partial charge in [-0.15, -0.1) is 0 Å². The minimum atomic E-state index is -0.518. The van der Waals surface area contributed by atoms with Crippen molar-refractivity contribution < 1.29 is 19.1 Å². The molecule has 0 radical (unpaired) electrons. The molecule has 3 aromatic carbocycles. The van der Waals surface area contributed by atoms with Gasteiger partial charge >= 0.3 is 6.09 Å². The van der Waals surface area contributed by atoms with E-state index in [1.807, 2.05) is 54.6 Å². The minimum absolute atomic E-state index is 0.0690. The van der Waals surface area contributed by atoms with Crippen LogP contribution in [0.15, 0.2) is 72.8 Å². The molecule has 0 saturated carbocycles. The van der Waals surface area contributed by atoms with Crippen molar-refractivity contribution in [1.29, 1.82) is 0 Å². The molecule has 0 aromatic heterocycles. The van der Waals surface area contributed by atoms with Crippen molar-refractivity contribution in [3.63, 3.8) is 0 Å². The fraction of sp³-hybridized carbons (Fsp3) is 0.167. The van der Waals surface area contributed by atoms with Gasteiger partial charge in [-0.25, -0.2) is 4.79 Å². The summed E-state index contributed by atoms with van der Waals surface area (Å²) in [4.78, 5) is 27.5. The molecule has 1 amide bonds. The van der Waals surface area contributed by atoms with Crippen molar-refractivity contribution in [1.82, 2.24) is 0 Å². The average molecular weight is 422 g/mol. The first-order valence-electron chi connectivity index (χ1n) is 9.53. The van der Waals surface area contributed by atoms with Crippen LogP contribution in [0.3, 0.4) is 0 Å². The van der Waals surface area contributed by atoms with Gasteiger partial charge < -0.3 is 9.47 Å². The lowest BCUT2D eigenvalue weighted by molar-refractivity contribution is 0.0961. The summed E-state index contributed by atoms with van der Waals surface area (Å²) in [6.07, 6.45) is -0.379. The van der Waals surface area contributed by atoms with Crippen LogP contribution in [-0.4, -0.2) is 19.0 Å². The van der Waals surface area contributed by atoms with Crippen LogP contribution in [0.2, 0.25) is 5.02 Å². The number of benzene rings is 3. The molecule has 0 bridgehead atoms. The van der Waals surface area contributed by atoms with E-state index in [0.717, 1.165) is 11.1 Å². The summed E-state index contributed by atoms with van der Waals surface area (Å²) in [6.45, 7) is 0.141. The quantitative estimate of drug-likeness (QED) is 0.532. The summed E-state index contributed by atoms with van der Waals surface area (Å²) in [5.41, 5.74) is 2.62. The van der Waals surface area contributed by atoms with Crippen LogP contribution in [0.1, 0.15) is 33.9 Å². The first-order chi connectivity index (χ1) is 14.6. The number of carbonyl (C=O) groups excluding carboxylic acids is 2. The van der Waals surface area contributed by atoms with E-state index in [1.54, 1.807) is 25.3 Å². The predicted octanol–water partition coefficient (Wildman–Crippen LogP) is 5.82. The van der Waals surface area contributed by atoms with Crippen LogP contribution < -0.4 is 9.64 Å². The van der Waals surface area contributed by atoms with Crippen LogP contribution >= 0.6 is 11.6 Å². The fourth-order valence-electron chi connectivity index (χ4n) is 3.59. The number of nitrogens with zero attached hydrogens (tertiary/aromatic N) is 1. The highest BCUT2D eigenvalue weighted by Gasteiger charge is 2.37. The van der Waals surface area contributed by atoms with Crippen LogP contribution in [0.25, 0.3) is 0 Å². The number of Topliss-reactive ketones (excluding diaryl/α,β-unsaturated/α-hetero) is 1. The molecule has 4 rings (SSSR count). The molecular weight excluding hydrogens is 402 g/mol. The minimum Gasteiger partial charge on any atom is -0.497 e. The van der Waals surface area contributed by atoms with E-state index in [-0.39, 0.29) is 18.8 Å². The van der Waals surface area contributed by atoms with Crippen molar-refractivity contribution in [2.45, 2.75) is 19.1 Å². The molecule has 1 aliphatic rings. The normalized spacial score (nSPS) is 15.5. The van der Waals surface area contributed by atoms with E-state index in [4.69, 9.17) is 21.1 Å². The SMILES string of the molecule is COc1ccc([C@H]2CC(=O)c3cc(Cl)ccc3N2C(=O)OCc2ccccc2)cc1. The van der Waals surface area contributed by atoms with E-state index in [9.17, 15) is 9.59 Å². The average Bonchev–Trinajstić information content (AvgIpc) is 2.78. The first kappa shape index (κ1) is 20.0. The van der Waals surface area contributed by atoms with Gasteiger partial charge in [0, 0.05) is 17.0 Å². The van der Waals surface area contributed by atoms with E-state index in [1.165, 1.54) is 4.90 Å². The molecule has 0 aliphatic carbocycles. The summed E-state index contributed by atoms with van der Waals surface area (Å²) in [5, 5.41) is 0.447. The van der Waals surface area contributed by atoms with Crippen molar-refractivity contribution in [2.75, 3.05) is 12.0 Å². The molecule has 152 valence electrons. The molecule has 6 heteroatoms. The third-order valence-electron chi connectivity index (χ3n) is 5.11. The van der Waals surface area contributed by atoms with E-state index < -0.39 is 12.1 Å². The molecule has 3 aromatic rings. The maximum atomic E-state index is 13.2. The Morgan fingerprint density at radius 1 is 1.07 bits per heavy atom. The Bertz CT molecular complexity index is 1070. The molecule has 0 N–H and O–H groups in total. The number of methoxy groups -OCH3 is 1. The van der Waals surface area contributed by atoms with Crippen LogP contribution in [0.5, 0.6) is 5.75 Å². The zero-order valence-corrected chi connectivity index (χ0v) is 17.1. The number of anilines is 1. The number of hydrogen-bond acceptors (Lipinski definition) is 4. The molecule has 30 heavy (non-hydrogen) atoms. The monoisotopic (exact) mass is 421 g/mol. The molecule has 1 heterocycles. The standard InChI is InChI=1S/C24H20ClNO4/c1-29-19-10-7-17(8-11-19)22-14-23(27)20-13-18(25)9-12-21(20)26(22)24(28)30-15-16-5-3-2-4-6-16/h2-13,22H,14-15H2,1H3/t22-/m1/s1. The van der Waals surface area contributed by atoms with Crippen molar-refractivity contribution in [3.8, 4) is 5.75 Å². The fourth-order valence-corrected chi connectivity index (χ4v) is 3.77. The van der Waals surface area contributed by atoms with E-state index in [2.05, 4.69) is 0 Å². The number of amides is 1. The third-order valence-corrected chi connectivity index (χ3v) is 5.35. The Kier molecular flexibility index (Phi) is 5.72. The lowest BCUT2D eigenvalue weighted by Gasteiger charge is -2.36. The Hall–Kier alpha value is -3.31. The molecule has 1 aliphatic heterocycles. The smallest absolute Gasteiger partial charge is 0.415 e. The molecule has 0 saturated heterocycles. The Morgan fingerprint density at radius 3 is 2.50 bits per heavy atom. The number of hydrogen-bond donors (Lipinski definition) is 0. The summed E-state index contributed by atoms with van der Waals surface area (Å²) >= 11 is 6.10. The van der Waals surface area contributed by atoms with E-state index >= 15 is 0 Å². The van der Waals surface area contributed by atoms with Crippen molar-refractivity contribution >= 4 is 29.2 Å². The zero-order valence-electron chi connectivity index (χ0n) is 16.4. The Labute approximate surface area is 179 Å². The number of carbonyl (C=O) groups is 2. The summed E-state index contributed by atoms with van der Waals surface area (Å²) in [7, 11) is 1.59. The van der Waals surface area contributed by atoms with Crippen molar-refractivity contribution in [2.24, 2.45) is 0 Å². The van der Waals surface area contributed by atoms with Crippen molar-refractivity contribution in [3.05, 3.63) is 94.5 Å². The second-order valence-electron chi connectivity index (χ2n) is 6.99. The van der Waals surface area contributed by atoms with Gasteiger partial charge in [0.05, 0.1) is 18.8 Å². The van der Waals surface area contributed by atoms with Gasteiger partial charge in [-0.2, -0.15) is 0 Å². The highest BCUT2D eigenvalue weighted by Crippen LogP contribution is 2.40. The lowest BCUT2D eigenvalue weighted by Crippen LogP contribution is -2.40. The molecule has 1 atom stereocenters. The molecule has 0 spiro atoms. The zero-order chi connectivity index (χ0) is 21.1. The highest BCUT2D eigenvalue weighted by atomic mass is 35.5. The van der Waals surface area contributed by atoms with Crippen LogP contribution in [0, 0.1) is 0 Å². The van der Waals surface area contributed by atoms with Gasteiger partial charge in [-0.05, 0) is 41.5 Å². The predicted molar refractivity (Wildman–Crippen MR) is 115 cm³/mol. The Morgan fingerprint density at radius 2 is 1.80 bits per heavy atom. The topological polar surface area (TPSA) is 55.8 Å². The molecule has 0 fully saturated rings. The second-order valence-corrected chi connectivity index (χ2v) is 7.42. The number of rotatable bonds is 4. The summed E-state index contributed by atoms with van der Waals surface area (Å²) in [5.74, 6) is 0.631. The number of ketones is 1. The molecule has 0 unspecified atom stereocenters. The van der Waals surface area contributed by atoms with Gasteiger partial charge in [-0.3, -0.25) is 9.69 Å². The summed E-state index contributed by atoms with van der Waals surface area (Å²) < 4.78 is 10.8. The number of halogens is 1. The van der Waals surface area contributed by atoms with Gasteiger partial charge in [0.15, 0.2) is 5.78 Å². The first-order valence-corrected chi connectivity index (χ1v) is 9.91. The maximum Gasteiger partial charge on any atom is 0.415 e. The largest absolute Gasteiger partial charge is 0.497 e. The van der Waals surface area contributed by atoms with Gasteiger partial charge in [0.2, 0.25) is 0 Å². The molecule has 5 nitrogen and oxygen atoms in total. The van der Waals surface area contributed by atoms with Gasteiger partial charge in [-0.1, -0.05) is 54.1 Å². The second kappa shape index (κ2) is 8.59. The van der Waals surface area contributed by atoms with Gasteiger partial charge in [0.1, 0.15) is 12.4 Å². The molecular formula is C24H20ClNO4. The highest BCUT2D eigenvalue weighted by molar-refractivity contribution is 6.31. The lowest BCUT2D eigenvalue weighted by atomic mass is 9.90. The summed E-state index contributed by atoms with van der Waals surface area (Å²) in [6, 6.07) is 21.3. The van der Waals surface area contributed by atoms with Crippen LogP contribution in [-0.2, 0) is 11.3 Å². The third kappa shape index (κ3) is 4.02. The van der Waals surface area contributed by atoms with Gasteiger partial charge in [0.25, 0.3) is 0 Å². The number of ether oxygens (including phenoxy) is 2. The Balaban J connectivity index is 1.69. The number of fused-ring (bicyclic) bond motifs is 1. The maximum absolute atomic E-state index is 13.2. The van der Waals surface area contributed by atoms with Crippen LogP contribution in [0.4, 0.5) is 10.5 Å².